The SMILES string of the molecule is CCC(CC)(CC)c1cc(N2c3ccc(-c4ccccc4)cc3C3(c4cc(-c5ccccc5)cc(C)c42)C2CC4C5CC6CC7C3C4C7(C6)C5C2)c(C)c(N2c3ccc(-c4ccccc4)cc3C3(c4cc(-c5ccccc5)cc(C)c42)C2CC4C5CC6CC7C3C(C)(C2)C4C657)c1. The fourth-order valence-electron chi connectivity index (χ4n) is 31.0. The Labute approximate surface area is 570 Å². The lowest BCUT2D eigenvalue weighted by molar-refractivity contribution is -0.343. The third-order valence-corrected chi connectivity index (χ3v) is 33.4. The van der Waals surface area contributed by atoms with E-state index in [2.05, 4.69) is 252 Å². The molecule has 14 aliphatic rings. The monoisotopic (exact) mass is 1250 g/mol. The van der Waals surface area contributed by atoms with E-state index < -0.39 is 0 Å². The molecule has 23 rings (SSSR count). The first kappa shape index (κ1) is 55.6. The minimum Gasteiger partial charge on any atom is -0.309 e. The normalized spacial score (nSPS) is 37.8. The molecule has 2 aliphatic heterocycles. The molecule has 0 aromatic heterocycles. The van der Waals surface area contributed by atoms with Crippen molar-refractivity contribution >= 4 is 34.1 Å². The minimum absolute atomic E-state index is 0.0360. The molecule has 2 heteroatoms. The molecule has 0 N–H and O–H groups in total. The predicted molar refractivity (Wildman–Crippen MR) is 393 cm³/mol. The molecular formula is C94H92N2. The fourth-order valence-corrected chi connectivity index (χ4v) is 31.0. The highest BCUT2D eigenvalue weighted by atomic mass is 15.2. The van der Waals surface area contributed by atoms with Crippen LogP contribution in [0.5, 0.6) is 0 Å². The molecule has 2 nitrogen and oxygen atoms in total. The van der Waals surface area contributed by atoms with E-state index in [1.54, 1.807) is 22.3 Å². The summed E-state index contributed by atoms with van der Waals surface area (Å²) in [6.45, 7) is 18.0. The van der Waals surface area contributed by atoms with Gasteiger partial charge < -0.3 is 9.80 Å². The van der Waals surface area contributed by atoms with Crippen molar-refractivity contribution in [1.29, 1.82) is 0 Å². The van der Waals surface area contributed by atoms with Gasteiger partial charge in [-0.25, -0.2) is 0 Å². The van der Waals surface area contributed by atoms with Crippen LogP contribution in [0.1, 0.15) is 149 Å². The average molecular weight is 1250 g/mol. The van der Waals surface area contributed by atoms with Gasteiger partial charge in [0.1, 0.15) is 0 Å². The number of nitrogens with zero attached hydrogens (tertiary/aromatic N) is 2. The molecule has 9 aromatic rings. The van der Waals surface area contributed by atoms with Crippen molar-refractivity contribution in [3.63, 3.8) is 0 Å². The van der Waals surface area contributed by atoms with Crippen LogP contribution < -0.4 is 9.80 Å². The van der Waals surface area contributed by atoms with Crippen LogP contribution in [0.25, 0.3) is 44.5 Å². The zero-order valence-corrected chi connectivity index (χ0v) is 57.5. The second kappa shape index (κ2) is 18.3. The largest absolute Gasteiger partial charge is 0.309 e. The average Bonchev–Trinajstić information content (AvgIpc) is 1.31. The first-order chi connectivity index (χ1) is 46.9. The summed E-state index contributed by atoms with van der Waals surface area (Å²) in [5, 5.41) is 0. The second-order valence-electron chi connectivity index (χ2n) is 35.3. The van der Waals surface area contributed by atoms with Gasteiger partial charge in [-0.15, -0.1) is 0 Å². The van der Waals surface area contributed by atoms with Gasteiger partial charge >= 0.3 is 0 Å². The maximum atomic E-state index is 2.95. The first-order valence-electron chi connectivity index (χ1n) is 38.5. The fraction of sp³-hybridized carbons (Fsp3) is 0.426. The summed E-state index contributed by atoms with van der Waals surface area (Å²) in [5.74, 6) is 12.3. The predicted octanol–water partition coefficient (Wildman–Crippen LogP) is 23.8. The number of rotatable bonds is 10. The van der Waals surface area contributed by atoms with Gasteiger partial charge in [0.25, 0.3) is 0 Å². The van der Waals surface area contributed by atoms with Gasteiger partial charge in [-0.05, 0) is 358 Å². The quantitative estimate of drug-likeness (QED) is 0.135. The highest BCUT2D eigenvalue weighted by Gasteiger charge is 2.93. The van der Waals surface area contributed by atoms with E-state index in [1.165, 1.54) is 159 Å². The summed E-state index contributed by atoms with van der Waals surface area (Å²) in [7, 11) is 0. The highest BCUT2D eigenvalue weighted by Crippen LogP contribution is 2.98. The summed E-state index contributed by atoms with van der Waals surface area (Å²) >= 11 is 0. The van der Waals surface area contributed by atoms with E-state index in [4.69, 9.17) is 0 Å². The summed E-state index contributed by atoms with van der Waals surface area (Å²) < 4.78 is 0. The molecule has 12 aliphatic carbocycles. The van der Waals surface area contributed by atoms with Crippen LogP contribution in [0.3, 0.4) is 0 Å². The molecule has 96 heavy (non-hydrogen) atoms. The molecule has 20 unspecified atom stereocenters. The van der Waals surface area contributed by atoms with E-state index in [1.807, 2.05) is 0 Å². The molecule has 20 atom stereocenters. The van der Waals surface area contributed by atoms with Crippen molar-refractivity contribution in [2.45, 2.75) is 142 Å². The van der Waals surface area contributed by atoms with Crippen molar-refractivity contribution in [1.82, 2.24) is 0 Å². The summed E-state index contributed by atoms with van der Waals surface area (Å²) in [6, 6.07) is 78.7. The van der Waals surface area contributed by atoms with Gasteiger partial charge in [0, 0.05) is 10.8 Å². The zero-order chi connectivity index (χ0) is 63.6. The molecule has 0 radical (unpaired) electrons. The van der Waals surface area contributed by atoms with E-state index in [-0.39, 0.29) is 16.2 Å². The lowest BCUT2D eigenvalue weighted by Crippen LogP contribution is -2.77. The molecule has 0 amide bonds. The number of anilines is 6. The number of fused-ring (bicyclic) bond motifs is 18. The summed E-state index contributed by atoms with van der Waals surface area (Å²) in [4.78, 5) is 5.90. The van der Waals surface area contributed by atoms with Gasteiger partial charge in [0.15, 0.2) is 0 Å². The van der Waals surface area contributed by atoms with Crippen LogP contribution >= 0.6 is 0 Å². The molecule has 12 saturated carbocycles. The molecule has 4 spiro atoms. The van der Waals surface area contributed by atoms with Crippen LogP contribution in [0.4, 0.5) is 34.1 Å². The Bertz CT molecular complexity index is 4860. The lowest BCUT2D eigenvalue weighted by Gasteiger charge is -2.82. The number of hydrogen-bond acceptors (Lipinski definition) is 2. The van der Waals surface area contributed by atoms with Crippen LogP contribution in [0.15, 0.2) is 194 Å². The lowest BCUT2D eigenvalue weighted by atomic mass is 9.22. The number of benzene rings is 9. The topological polar surface area (TPSA) is 6.48 Å². The Kier molecular flexibility index (Phi) is 10.6. The van der Waals surface area contributed by atoms with Crippen molar-refractivity contribution in [2.75, 3.05) is 9.80 Å². The van der Waals surface area contributed by atoms with E-state index in [0.717, 1.165) is 84.4 Å². The molecule has 9 aromatic carbocycles. The van der Waals surface area contributed by atoms with Crippen LogP contribution in [0.2, 0.25) is 0 Å². The Balaban J connectivity index is 0.821. The molecule has 478 valence electrons. The minimum atomic E-state index is -0.127. The van der Waals surface area contributed by atoms with Gasteiger partial charge in [0.05, 0.1) is 34.1 Å². The van der Waals surface area contributed by atoms with E-state index >= 15 is 0 Å². The van der Waals surface area contributed by atoms with Gasteiger partial charge in [-0.1, -0.05) is 161 Å². The number of hydrogen-bond donors (Lipinski definition) is 0. The molecule has 0 saturated heterocycles. The maximum absolute atomic E-state index is 2.95. The van der Waals surface area contributed by atoms with Gasteiger partial charge in [-0.2, -0.15) is 0 Å². The Morgan fingerprint density at radius 1 is 0.385 bits per heavy atom. The van der Waals surface area contributed by atoms with Crippen molar-refractivity contribution in [3.05, 3.63) is 239 Å². The molecular weight excluding hydrogens is 1160 g/mol. The maximum Gasteiger partial charge on any atom is 0.0532 e. The smallest absolute Gasteiger partial charge is 0.0532 e. The molecule has 8 bridgehead atoms. The zero-order valence-electron chi connectivity index (χ0n) is 57.5. The Hall–Kier alpha value is -7.42. The van der Waals surface area contributed by atoms with E-state index in [0.29, 0.717) is 39.9 Å². The Morgan fingerprint density at radius 2 is 0.885 bits per heavy atom. The standard InChI is InChI=1S/C94H92N2/c1-8-90(9-2,10-3)64-48-81(95-79-33-31-60(56-23-15-11-16-24-56)39-73(79)92(76-41-62(35-52(4)85(76)95)58-27-19-13-20-28-58)65-43-69-68-37-55-38-75-84(92)83(69)91(75,50-55)71(68)45-65)54(6)82(49-64)96-80-34-32-61(57-25-17-12-18-26-57)40-74(80)94(77-42-63(36-53(5)86(77)96)59-29-21-14-22-30-59)67-44-70-72-46-66-47-78-88(94)89(7,51-67)87(70)93(66,72)78/h11-36,39-42,48-49,55,65-72,75,78,83-84,87-88H,8-10,37-38,43-47,50-51H2,1-7H3. The second-order valence-corrected chi connectivity index (χ2v) is 35.3. The van der Waals surface area contributed by atoms with E-state index in [9.17, 15) is 0 Å². The first-order valence-corrected chi connectivity index (χ1v) is 38.5. The van der Waals surface area contributed by atoms with Crippen LogP contribution in [-0.4, -0.2) is 0 Å². The van der Waals surface area contributed by atoms with Crippen molar-refractivity contribution in [2.24, 2.45) is 105 Å². The molecule has 2 heterocycles. The Morgan fingerprint density at radius 3 is 1.44 bits per heavy atom. The van der Waals surface area contributed by atoms with Crippen molar-refractivity contribution < 1.29 is 0 Å². The van der Waals surface area contributed by atoms with Gasteiger partial charge in [-0.3, -0.25) is 0 Å². The van der Waals surface area contributed by atoms with Gasteiger partial charge in [0.2, 0.25) is 0 Å². The number of aryl methyl sites for hydroxylation is 2. The highest BCUT2D eigenvalue weighted by molar-refractivity contribution is 5.98. The summed E-state index contributed by atoms with van der Waals surface area (Å²) in [5.41, 5.74) is 33.0. The molecule has 12 fully saturated rings. The van der Waals surface area contributed by atoms with Crippen LogP contribution in [-0.2, 0) is 16.2 Å². The third-order valence-electron chi connectivity index (χ3n) is 33.4. The van der Waals surface area contributed by atoms with Crippen molar-refractivity contribution in [3.8, 4) is 44.5 Å². The summed E-state index contributed by atoms with van der Waals surface area (Å²) in [6.07, 6.45) is 16.3. The van der Waals surface area contributed by atoms with Crippen LogP contribution in [0, 0.1) is 126 Å². The third kappa shape index (κ3) is 5.98.